The lowest BCUT2D eigenvalue weighted by Crippen LogP contribution is -2.29. The number of ether oxygens (including phenoxy) is 2. The Kier molecular flexibility index (Phi) is 3.41. The van der Waals surface area contributed by atoms with Gasteiger partial charge in [0.25, 0.3) is 5.91 Å². The summed E-state index contributed by atoms with van der Waals surface area (Å²) >= 11 is 0. The van der Waals surface area contributed by atoms with Gasteiger partial charge >= 0.3 is 6.18 Å². The molecular formula is C17H11F3N2O3. The van der Waals surface area contributed by atoms with Crippen LogP contribution in [-0.4, -0.2) is 23.4 Å². The second-order valence-electron chi connectivity index (χ2n) is 5.52. The highest BCUT2D eigenvalue weighted by Gasteiger charge is 2.39. The number of carbonyl (C=O) groups excluding carboxylic acids is 1. The van der Waals surface area contributed by atoms with E-state index in [0.717, 1.165) is 17.1 Å². The Bertz CT molecular complexity index is 862. The largest absolute Gasteiger partial charge is 0.483 e. The molecule has 0 saturated heterocycles. The summed E-state index contributed by atoms with van der Waals surface area (Å²) < 4.78 is 49.2. The van der Waals surface area contributed by atoms with Crippen molar-refractivity contribution in [3.8, 4) is 5.75 Å². The zero-order valence-corrected chi connectivity index (χ0v) is 12.7. The average molecular weight is 348 g/mol. The summed E-state index contributed by atoms with van der Waals surface area (Å²) in [5, 5.41) is 5.28. The van der Waals surface area contributed by atoms with E-state index in [9.17, 15) is 18.0 Å². The van der Waals surface area contributed by atoms with E-state index < -0.39 is 23.9 Å². The molecule has 2 aromatic carbocycles. The van der Waals surface area contributed by atoms with E-state index in [1.165, 1.54) is 12.1 Å². The molecule has 2 aliphatic rings. The fourth-order valence-electron chi connectivity index (χ4n) is 2.66. The van der Waals surface area contributed by atoms with Gasteiger partial charge in [-0.1, -0.05) is 12.1 Å². The molecule has 0 bridgehead atoms. The lowest BCUT2D eigenvalue weighted by Gasteiger charge is -2.17. The standard InChI is InChI=1S/C17H11F3N2O3/c18-17(19,20)11-7-5-10(6-8-11)15-21-22-14(23)9-24-13-4-2-1-3-12(13)16(22)25-15/h1-8,16H,9H2/t16-/m0/s1. The third kappa shape index (κ3) is 2.69. The zero-order chi connectivity index (χ0) is 17.6. The van der Waals surface area contributed by atoms with Gasteiger partial charge in [-0.25, -0.2) is 0 Å². The van der Waals surface area contributed by atoms with Gasteiger partial charge < -0.3 is 9.47 Å². The first kappa shape index (κ1) is 15.5. The molecule has 2 heterocycles. The predicted octanol–water partition coefficient (Wildman–Crippen LogP) is 3.32. The maximum atomic E-state index is 12.7. The van der Waals surface area contributed by atoms with Crippen LogP contribution in [0.5, 0.6) is 5.75 Å². The van der Waals surface area contributed by atoms with Crippen molar-refractivity contribution >= 4 is 11.8 Å². The van der Waals surface area contributed by atoms with Crippen molar-refractivity contribution in [3.05, 3.63) is 65.2 Å². The first-order chi connectivity index (χ1) is 11.9. The SMILES string of the molecule is O=C1COc2ccccc2[C@@H]2OC(c3ccc(C(F)(F)F)cc3)=NN12. The van der Waals surface area contributed by atoms with Gasteiger partial charge in [0.1, 0.15) is 5.75 Å². The molecule has 0 N–H and O–H groups in total. The van der Waals surface area contributed by atoms with Crippen LogP contribution >= 0.6 is 0 Å². The Hall–Kier alpha value is -3.03. The quantitative estimate of drug-likeness (QED) is 0.794. The van der Waals surface area contributed by atoms with Crippen molar-refractivity contribution < 1.29 is 27.4 Å². The second kappa shape index (κ2) is 5.51. The topological polar surface area (TPSA) is 51.1 Å². The van der Waals surface area contributed by atoms with Crippen LogP contribution in [0, 0.1) is 0 Å². The molecule has 5 nitrogen and oxygen atoms in total. The van der Waals surface area contributed by atoms with E-state index >= 15 is 0 Å². The van der Waals surface area contributed by atoms with Crippen LogP contribution in [0.1, 0.15) is 22.9 Å². The third-order valence-corrected chi connectivity index (χ3v) is 3.89. The minimum absolute atomic E-state index is 0.0868. The summed E-state index contributed by atoms with van der Waals surface area (Å²) in [6.45, 7) is -0.194. The van der Waals surface area contributed by atoms with Crippen LogP contribution < -0.4 is 4.74 Å². The number of fused-ring (bicyclic) bond motifs is 3. The first-order valence-electron chi connectivity index (χ1n) is 7.40. The Balaban J connectivity index is 1.67. The molecule has 0 spiro atoms. The molecule has 0 unspecified atom stereocenters. The van der Waals surface area contributed by atoms with E-state index in [-0.39, 0.29) is 12.5 Å². The average Bonchev–Trinajstić information content (AvgIpc) is 2.99. The minimum Gasteiger partial charge on any atom is -0.483 e. The number of carbonyl (C=O) groups is 1. The van der Waals surface area contributed by atoms with Crippen molar-refractivity contribution in [2.75, 3.05) is 6.61 Å². The van der Waals surface area contributed by atoms with Gasteiger partial charge in [-0.15, -0.1) is 5.10 Å². The summed E-state index contributed by atoms with van der Waals surface area (Å²) in [4.78, 5) is 12.2. The molecule has 1 amide bonds. The lowest BCUT2D eigenvalue weighted by molar-refractivity contribution is -0.139. The van der Waals surface area contributed by atoms with Crippen LogP contribution in [0.3, 0.4) is 0 Å². The maximum absolute atomic E-state index is 12.7. The number of rotatable bonds is 1. The molecule has 1 atom stereocenters. The van der Waals surface area contributed by atoms with Gasteiger partial charge in [-0.05, 0) is 36.4 Å². The van der Waals surface area contributed by atoms with Gasteiger partial charge in [0.2, 0.25) is 12.1 Å². The monoisotopic (exact) mass is 348 g/mol. The molecular weight excluding hydrogens is 337 g/mol. The molecule has 0 aliphatic carbocycles. The highest BCUT2D eigenvalue weighted by Crippen LogP contribution is 2.37. The second-order valence-corrected chi connectivity index (χ2v) is 5.52. The number of amides is 1. The molecule has 0 saturated carbocycles. The van der Waals surface area contributed by atoms with Crippen molar-refractivity contribution in [2.45, 2.75) is 12.4 Å². The van der Waals surface area contributed by atoms with E-state index in [0.29, 0.717) is 16.9 Å². The van der Waals surface area contributed by atoms with Crippen LogP contribution in [0.15, 0.2) is 53.6 Å². The van der Waals surface area contributed by atoms with Gasteiger partial charge in [0, 0.05) is 5.56 Å². The molecule has 25 heavy (non-hydrogen) atoms. The molecule has 2 aliphatic heterocycles. The number of hydrogen-bond donors (Lipinski definition) is 0. The third-order valence-electron chi connectivity index (χ3n) is 3.89. The van der Waals surface area contributed by atoms with E-state index in [2.05, 4.69) is 5.10 Å². The summed E-state index contributed by atoms with van der Waals surface area (Å²) in [6.07, 6.45) is -5.22. The first-order valence-corrected chi connectivity index (χ1v) is 7.40. The minimum atomic E-state index is -4.42. The summed E-state index contributed by atoms with van der Waals surface area (Å²) in [7, 11) is 0. The number of alkyl halides is 3. The van der Waals surface area contributed by atoms with Crippen LogP contribution in [0.4, 0.5) is 13.2 Å². The maximum Gasteiger partial charge on any atom is 0.416 e. The van der Waals surface area contributed by atoms with Crippen molar-refractivity contribution in [1.82, 2.24) is 5.01 Å². The number of para-hydroxylation sites is 1. The molecule has 0 aromatic heterocycles. The van der Waals surface area contributed by atoms with E-state index in [4.69, 9.17) is 9.47 Å². The Morgan fingerprint density at radius 1 is 1.08 bits per heavy atom. The Morgan fingerprint density at radius 2 is 1.80 bits per heavy atom. The predicted molar refractivity (Wildman–Crippen MR) is 80.6 cm³/mol. The normalized spacial score (nSPS) is 19.3. The summed E-state index contributed by atoms with van der Waals surface area (Å²) in [5.74, 6) is 0.194. The van der Waals surface area contributed by atoms with Gasteiger partial charge in [-0.3, -0.25) is 4.79 Å². The van der Waals surface area contributed by atoms with Crippen LogP contribution in [0.2, 0.25) is 0 Å². The molecule has 4 rings (SSSR count). The van der Waals surface area contributed by atoms with Crippen molar-refractivity contribution in [2.24, 2.45) is 5.10 Å². The number of halogens is 3. The number of nitrogens with zero attached hydrogens (tertiary/aromatic N) is 2. The number of hydrogen-bond acceptors (Lipinski definition) is 4. The number of hydrazone groups is 1. The smallest absolute Gasteiger partial charge is 0.416 e. The van der Waals surface area contributed by atoms with Gasteiger partial charge in [0.05, 0.1) is 11.1 Å². The lowest BCUT2D eigenvalue weighted by atomic mass is 10.1. The van der Waals surface area contributed by atoms with E-state index in [1.807, 2.05) is 0 Å². The fourth-order valence-corrected chi connectivity index (χ4v) is 2.66. The van der Waals surface area contributed by atoms with Crippen LogP contribution in [-0.2, 0) is 15.7 Å². The summed E-state index contributed by atoms with van der Waals surface area (Å²) in [6, 6.07) is 11.4. The Morgan fingerprint density at radius 3 is 2.52 bits per heavy atom. The molecule has 0 radical (unpaired) electrons. The molecule has 128 valence electrons. The highest BCUT2D eigenvalue weighted by atomic mass is 19.4. The fraction of sp³-hybridized carbons (Fsp3) is 0.176. The highest BCUT2D eigenvalue weighted by molar-refractivity contribution is 5.96. The Labute approximate surface area is 140 Å². The van der Waals surface area contributed by atoms with Crippen molar-refractivity contribution in [3.63, 3.8) is 0 Å². The molecule has 0 fully saturated rings. The van der Waals surface area contributed by atoms with E-state index in [1.54, 1.807) is 24.3 Å². The molecule has 8 heteroatoms. The number of benzene rings is 2. The van der Waals surface area contributed by atoms with Gasteiger partial charge in [-0.2, -0.15) is 18.2 Å². The zero-order valence-electron chi connectivity index (χ0n) is 12.7. The van der Waals surface area contributed by atoms with Crippen molar-refractivity contribution in [1.29, 1.82) is 0 Å². The molecule has 2 aromatic rings. The van der Waals surface area contributed by atoms with Gasteiger partial charge in [0.15, 0.2) is 6.61 Å². The summed E-state index contributed by atoms with van der Waals surface area (Å²) in [5.41, 5.74) is 0.213. The van der Waals surface area contributed by atoms with Crippen LogP contribution in [0.25, 0.3) is 0 Å².